The fraction of sp³-hybridized carbons (Fsp3) is 0.429. The van der Waals surface area contributed by atoms with Gasteiger partial charge < -0.3 is 19.5 Å². The molecule has 11 heteroatoms. The van der Waals surface area contributed by atoms with Gasteiger partial charge in [0.1, 0.15) is 12.4 Å². The normalized spacial score (nSPS) is 9.48. The first kappa shape index (κ1) is 19.9. The molecule has 0 radical (unpaired) electrons. The summed E-state index contributed by atoms with van der Waals surface area (Å²) in [4.78, 5) is 25.2. The molecule has 11 nitrogen and oxygen atoms in total. The highest BCUT2D eigenvalue weighted by Gasteiger charge is 2.04. The Hall–Kier alpha value is -3.17. The second-order valence-corrected chi connectivity index (χ2v) is 4.36. The van der Waals surface area contributed by atoms with E-state index in [-0.39, 0.29) is 13.2 Å². The maximum absolute atomic E-state index is 11.6. The first-order valence-corrected chi connectivity index (χ1v) is 7.47. The Balaban J connectivity index is 2.23. The molecule has 0 unspecified atom stereocenters. The Kier molecular flexibility index (Phi) is 9.76. The van der Waals surface area contributed by atoms with Gasteiger partial charge in [-0.15, -0.1) is 0 Å². The Morgan fingerprint density at radius 1 is 1.16 bits per heavy atom. The summed E-state index contributed by atoms with van der Waals surface area (Å²) in [6, 6.07) is 6.02. The van der Waals surface area contributed by atoms with E-state index in [4.69, 9.17) is 15.0 Å². The van der Waals surface area contributed by atoms with E-state index in [1.54, 1.807) is 31.2 Å². The van der Waals surface area contributed by atoms with Gasteiger partial charge in [0.15, 0.2) is 0 Å². The van der Waals surface area contributed by atoms with Crippen molar-refractivity contribution in [3.8, 4) is 5.75 Å². The van der Waals surface area contributed by atoms with Crippen molar-refractivity contribution in [3.05, 3.63) is 34.7 Å². The summed E-state index contributed by atoms with van der Waals surface area (Å²) in [6.07, 6.45) is -0.747. The molecule has 0 saturated heterocycles. The van der Waals surface area contributed by atoms with Crippen molar-refractivity contribution < 1.29 is 23.8 Å². The third kappa shape index (κ3) is 9.54. The van der Waals surface area contributed by atoms with Crippen LogP contribution in [0, 0.1) is 0 Å². The summed E-state index contributed by atoms with van der Waals surface area (Å²) in [5.41, 5.74) is 12.8. The smallest absolute Gasteiger partial charge is 0.426 e. The van der Waals surface area contributed by atoms with Gasteiger partial charge in [-0.1, -0.05) is 5.11 Å². The van der Waals surface area contributed by atoms with E-state index in [0.717, 1.165) is 0 Å². The van der Waals surface area contributed by atoms with Crippen LogP contribution in [0.15, 0.2) is 29.4 Å². The number of azide groups is 1. The Morgan fingerprint density at radius 2 is 1.92 bits per heavy atom. The van der Waals surface area contributed by atoms with Gasteiger partial charge >= 0.3 is 12.1 Å². The lowest BCUT2D eigenvalue weighted by Gasteiger charge is -2.10. The van der Waals surface area contributed by atoms with Crippen LogP contribution in [-0.2, 0) is 9.47 Å². The quantitative estimate of drug-likeness (QED) is 0.205. The van der Waals surface area contributed by atoms with Crippen LogP contribution >= 0.6 is 0 Å². The molecule has 0 aromatic heterocycles. The zero-order chi connectivity index (χ0) is 18.3. The van der Waals surface area contributed by atoms with Crippen molar-refractivity contribution in [2.45, 2.75) is 6.92 Å². The zero-order valence-electron chi connectivity index (χ0n) is 13.7. The van der Waals surface area contributed by atoms with Crippen molar-refractivity contribution in [1.29, 1.82) is 0 Å². The van der Waals surface area contributed by atoms with Crippen LogP contribution in [-0.4, -0.2) is 45.1 Å². The fourth-order valence-electron chi connectivity index (χ4n) is 1.54. The van der Waals surface area contributed by atoms with Crippen molar-refractivity contribution in [3.63, 3.8) is 0 Å². The first-order valence-electron chi connectivity index (χ1n) is 7.47. The Labute approximate surface area is 144 Å². The summed E-state index contributed by atoms with van der Waals surface area (Å²) >= 11 is 0. The average Bonchev–Trinajstić information content (AvgIpc) is 2.61. The van der Waals surface area contributed by atoms with Crippen molar-refractivity contribution in [1.82, 2.24) is 10.9 Å². The number of anilines is 1. The largest absolute Gasteiger partial charge is 0.491 e. The highest BCUT2D eigenvalue weighted by Crippen LogP contribution is 2.15. The van der Waals surface area contributed by atoms with Crippen LogP contribution in [0.1, 0.15) is 6.92 Å². The van der Waals surface area contributed by atoms with Gasteiger partial charge in [0.2, 0.25) is 0 Å². The topological polar surface area (TPSA) is 147 Å². The second-order valence-electron chi connectivity index (χ2n) is 4.36. The maximum atomic E-state index is 11.6. The van der Waals surface area contributed by atoms with Crippen molar-refractivity contribution >= 4 is 17.8 Å². The maximum Gasteiger partial charge on any atom is 0.426 e. The van der Waals surface area contributed by atoms with Crippen LogP contribution in [0.5, 0.6) is 5.75 Å². The summed E-state index contributed by atoms with van der Waals surface area (Å²) in [7, 11) is 0. The molecule has 3 N–H and O–H groups in total. The van der Waals surface area contributed by atoms with Gasteiger partial charge in [0.25, 0.3) is 0 Å². The summed E-state index contributed by atoms with van der Waals surface area (Å²) in [6.45, 7) is 3.18. The van der Waals surface area contributed by atoms with E-state index in [0.29, 0.717) is 31.3 Å². The molecule has 136 valence electrons. The summed E-state index contributed by atoms with van der Waals surface area (Å²) < 4.78 is 15.2. The molecule has 0 saturated carbocycles. The molecule has 3 amide bonds. The number of hydrogen-bond donors (Lipinski definition) is 3. The third-order valence-corrected chi connectivity index (χ3v) is 2.56. The van der Waals surface area contributed by atoms with Crippen LogP contribution < -0.4 is 20.9 Å². The lowest BCUT2D eigenvalue weighted by atomic mass is 10.3. The number of amides is 3. The minimum absolute atomic E-state index is 0.204. The lowest BCUT2D eigenvalue weighted by Crippen LogP contribution is -2.44. The van der Waals surface area contributed by atoms with Crippen LogP contribution in [0.25, 0.3) is 10.4 Å². The van der Waals surface area contributed by atoms with Crippen LogP contribution in [0.4, 0.5) is 15.3 Å². The summed E-state index contributed by atoms with van der Waals surface area (Å²) in [5, 5.41) is 5.86. The Bertz CT molecular complexity index is 588. The molecule has 0 heterocycles. The standard InChI is InChI=1S/C14H20N6O5/c1-2-24-14(22)19-18-13(21)17-11-3-5-12(6-4-11)25-10-9-23-8-7-16-20-15/h3-6H,2,7-10H2,1H3,(H,19,22)(H2,17,18,21). The van der Waals surface area contributed by atoms with Gasteiger partial charge in [-0.3, -0.25) is 0 Å². The molecule has 1 aromatic carbocycles. The number of rotatable bonds is 9. The number of benzene rings is 1. The predicted molar refractivity (Wildman–Crippen MR) is 89.1 cm³/mol. The second kappa shape index (κ2) is 12.3. The number of nitrogens with one attached hydrogen (secondary N) is 3. The number of ether oxygens (including phenoxy) is 3. The van der Waals surface area contributed by atoms with E-state index in [1.165, 1.54) is 0 Å². The number of hydrogen-bond acceptors (Lipinski definition) is 6. The van der Waals surface area contributed by atoms with E-state index >= 15 is 0 Å². The van der Waals surface area contributed by atoms with E-state index in [9.17, 15) is 9.59 Å². The minimum Gasteiger partial charge on any atom is -0.491 e. The molecule has 25 heavy (non-hydrogen) atoms. The number of carbonyl (C=O) groups is 2. The number of hydrazine groups is 1. The molecule has 1 rings (SSSR count). The van der Waals surface area contributed by atoms with Crippen LogP contribution in [0.2, 0.25) is 0 Å². The van der Waals surface area contributed by atoms with Crippen LogP contribution in [0.3, 0.4) is 0 Å². The van der Waals surface area contributed by atoms with Gasteiger partial charge in [-0.2, -0.15) is 0 Å². The van der Waals surface area contributed by atoms with E-state index < -0.39 is 12.1 Å². The zero-order valence-corrected chi connectivity index (χ0v) is 13.7. The third-order valence-electron chi connectivity index (χ3n) is 2.56. The van der Waals surface area contributed by atoms with Gasteiger partial charge in [-0.05, 0) is 36.7 Å². The number of urea groups is 1. The van der Waals surface area contributed by atoms with Crippen molar-refractivity contribution in [2.24, 2.45) is 5.11 Å². The molecule has 0 aliphatic carbocycles. The summed E-state index contributed by atoms with van der Waals surface area (Å²) in [5.74, 6) is 0.606. The van der Waals surface area contributed by atoms with Gasteiger partial charge in [0.05, 0.1) is 19.8 Å². The molecule has 0 fully saturated rings. The molecular weight excluding hydrogens is 332 g/mol. The molecular formula is C14H20N6O5. The fourth-order valence-corrected chi connectivity index (χ4v) is 1.54. The van der Waals surface area contributed by atoms with Crippen molar-refractivity contribution in [2.75, 3.05) is 38.3 Å². The molecule has 0 atom stereocenters. The predicted octanol–water partition coefficient (Wildman–Crippen LogP) is 2.17. The minimum atomic E-state index is -0.747. The monoisotopic (exact) mass is 352 g/mol. The van der Waals surface area contributed by atoms with E-state index in [1.807, 2.05) is 0 Å². The molecule has 0 bridgehead atoms. The highest BCUT2D eigenvalue weighted by molar-refractivity contribution is 5.90. The average molecular weight is 352 g/mol. The number of carbonyl (C=O) groups excluding carboxylic acids is 2. The van der Waals surface area contributed by atoms with Gasteiger partial charge in [0, 0.05) is 17.1 Å². The lowest BCUT2D eigenvalue weighted by molar-refractivity contribution is 0.106. The van der Waals surface area contributed by atoms with Gasteiger partial charge in [-0.25, -0.2) is 20.4 Å². The molecule has 0 spiro atoms. The molecule has 0 aliphatic rings. The molecule has 0 aliphatic heterocycles. The molecule has 1 aromatic rings. The first-order chi connectivity index (χ1) is 12.2. The number of nitrogens with zero attached hydrogens (tertiary/aromatic N) is 3. The SMILES string of the molecule is CCOC(=O)NNC(=O)Nc1ccc(OCCOCCN=[N+]=[N-])cc1. The highest BCUT2D eigenvalue weighted by atomic mass is 16.6. The Morgan fingerprint density at radius 3 is 2.60 bits per heavy atom. The van der Waals surface area contributed by atoms with E-state index in [2.05, 4.69) is 30.9 Å².